The summed E-state index contributed by atoms with van der Waals surface area (Å²) in [6, 6.07) is 15.3. The first kappa shape index (κ1) is 15.7. The first-order chi connectivity index (χ1) is 9.97. The lowest BCUT2D eigenvalue weighted by molar-refractivity contribution is 0.0945. The summed E-state index contributed by atoms with van der Waals surface area (Å²) in [6.07, 6.45) is 0. The number of hydrogen-bond donors (Lipinski definition) is 0. The molecule has 0 radical (unpaired) electrons. The number of halogens is 1. The number of ketones is 1. The molecule has 0 amide bonds. The van der Waals surface area contributed by atoms with E-state index in [1.54, 1.807) is 0 Å². The van der Waals surface area contributed by atoms with Crippen molar-refractivity contribution in [2.45, 2.75) is 12.8 Å². The van der Waals surface area contributed by atoms with Gasteiger partial charge in [-0.25, -0.2) is 0 Å². The van der Waals surface area contributed by atoms with Gasteiger partial charge in [0.25, 0.3) is 0 Å². The van der Waals surface area contributed by atoms with Crippen LogP contribution in [0.2, 0.25) is 5.02 Å². The quantitative estimate of drug-likeness (QED) is 0.772. The molecule has 110 valence electrons. The van der Waals surface area contributed by atoms with Crippen LogP contribution in [-0.2, 0) is 0 Å². The zero-order chi connectivity index (χ0) is 15.4. The normalized spacial score (nSPS) is 12.4. The maximum absolute atomic E-state index is 12.8. The molecule has 2 aromatic rings. The number of hydrogen-bond acceptors (Lipinski definition) is 2. The van der Waals surface area contributed by atoms with E-state index in [0.717, 1.165) is 16.7 Å². The molecule has 0 saturated heterocycles. The molecule has 0 aliphatic carbocycles. The average molecular weight is 302 g/mol. The smallest absolute Gasteiger partial charge is 0.171 e. The van der Waals surface area contributed by atoms with E-state index in [1.165, 1.54) is 0 Å². The monoisotopic (exact) mass is 301 g/mol. The third kappa shape index (κ3) is 4.16. The highest BCUT2D eigenvalue weighted by Gasteiger charge is 2.22. The Kier molecular flexibility index (Phi) is 5.16. The predicted octanol–water partition coefficient (Wildman–Crippen LogP) is 4.18. The Hall–Kier alpha value is -1.64. The molecule has 1 atom stereocenters. The Balaban J connectivity index is 2.33. The number of Topliss-reactive ketones (excluding diaryl/α,β-unsaturated/α-hetero) is 1. The summed E-state index contributed by atoms with van der Waals surface area (Å²) in [4.78, 5) is 14.9. The van der Waals surface area contributed by atoms with Crippen LogP contribution in [0.4, 0.5) is 0 Å². The van der Waals surface area contributed by atoms with Crippen molar-refractivity contribution in [3.8, 4) is 0 Å². The fraction of sp³-hybridized carbons (Fsp3) is 0.278. The van der Waals surface area contributed by atoms with E-state index in [0.29, 0.717) is 11.6 Å². The van der Waals surface area contributed by atoms with Crippen LogP contribution in [0.5, 0.6) is 0 Å². The molecule has 0 spiro atoms. The second kappa shape index (κ2) is 6.88. The summed E-state index contributed by atoms with van der Waals surface area (Å²) in [5.74, 6) is -0.0361. The van der Waals surface area contributed by atoms with Gasteiger partial charge in [0.15, 0.2) is 5.78 Å². The molecule has 21 heavy (non-hydrogen) atoms. The highest BCUT2D eigenvalue weighted by atomic mass is 35.5. The van der Waals surface area contributed by atoms with E-state index < -0.39 is 0 Å². The number of aryl methyl sites for hydroxylation is 1. The van der Waals surface area contributed by atoms with Gasteiger partial charge < -0.3 is 4.90 Å². The van der Waals surface area contributed by atoms with E-state index in [1.807, 2.05) is 74.4 Å². The maximum Gasteiger partial charge on any atom is 0.171 e. The van der Waals surface area contributed by atoms with Crippen LogP contribution in [0.25, 0.3) is 0 Å². The van der Waals surface area contributed by atoms with Crippen LogP contribution < -0.4 is 0 Å². The van der Waals surface area contributed by atoms with Crippen molar-refractivity contribution in [1.82, 2.24) is 4.90 Å². The van der Waals surface area contributed by atoms with Crippen molar-refractivity contribution in [3.63, 3.8) is 0 Å². The Bertz CT molecular complexity index is 602. The fourth-order valence-corrected chi connectivity index (χ4v) is 2.44. The minimum absolute atomic E-state index is 0.144. The van der Waals surface area contributed by atoms with Crippen molar-refractivity contribution >= 4 is 17.4 Å². The van der Waals surface area contributed by atoms with Crippen molar-refractivity contribution in [2.24, 2.45) is 0 Å². The van der Waals surface area contributed by atoms with E-state index >= 15 is 0 Å². The summed E-state index contributed by atoms with van der Waals surface area (Å²) in [6.45, 7) is 2.69. The Labute approximate surface area is 131 Å². The molecular weight excluding hydrogens is 282 g/mol. The van der Waals surface area contributed by atoms with Gasteiger partial charge in [-0.1, -0.05) is 53.6 Å². The summed E-state index contributed by atoms with van der Waals surface area (Å²) < 4.78 is 0. The summed E-state index contributed by atoms with van der Waals surface area (Å²) >= 11 is 5.94. The third-order valence-electron chi connectivity index (χ3n) is 3.47. The molecule has 0 fully saturated rings. The number of rotatable bonds is 5. The first-order valence-corrected chi connectivity index (χ1v) is 7.36. The molecule has 2 rings (SSSR count). The van der Waals surface area contributed by atoms with Crippen molar-refractivity contribution in [3.05, 3.63) is 70.2 Å². The van der Waals surface area contributed by atoms with Gasteiger partial charge in [-0.3, -0.25) is 4.79 Å². The second-order valence-electron chi connectivity index (χ2n) is 5.60. The fourth-order valence-electron chi connectivity index (χ4n) is 2.32. The largest absolute Gasteiger partial charge is 0.308 e. The molecular formula is C18H20ClNO. The van der Waals surface area contributed by atoms with Crippen LogP contribution in [-0.4, -0.2) is 31.3 Å². The van der Waals surface area contributed by atoms with E-state index in [-0.39, 0.29) is 11.7 Å². The van der Waals surface area contributed by atoms with Crippen molar-refractivity contribution in [1.29, 1.82) is 0 Å². The Morgan fingerprint density at radius 1 is 1.05 bits per heavy atom. The zero-order valence-corrected chi connectivity index (χ0v) is 13.4. The number of carbonyl (C=O) groups excluding carboxylic acids is 1. The predicted molar refractivity (Wildman–Crippen MR) is 88.3 cm³/mol. The van der Waals surface area contributed by atoms with E-state index in [9.17, 15) is 4.79 Å². The minimum Gasteiger partial charge on any atom is -0.308 e. The molecule has 0 aliphatic heterocycles. The molecule has 0 saturated carbocycles. The molecule has 2 aromatic carbocycles. The van der Waals surface area contributed by atoms with Gasteiger partial charge in [-0.15, -0.1) is 0 Å². The van der Waals surface area contributed by atoms with Gasteiger partial charge in [0, 0.05) is 17.1 Å². The van der Waals surface area contributed by atoms with Crippen LogP contribution in [0.3, 0.4) is 0 Å². The minimum atomic E-state index is -0.181. The number of nitrogens with zero attached hydrogens (tertiary/aromatic N) is 1. The lowest BCUT2D eigenvalue weighted by Gasteiger charge is -2.20. The van der Waals surface area contributed by atoms with Gasteiger partial charge in [0.1, 0.15) is 0 Å². The highest BCUT2D eigenvalue weighted by Crippen LogP contribution is 2.23. The second-order valence-corrected chi connectivity index (χ2v) is 6.03. The maximum atomic E-state index is 12.8. The Morgan fingerprint density at radius 2 is 1.62 bits per heavy atom. The summed E-state index contributed by atoms with van der Waals surface area (Å²) in [5, 5.41) is 0.685. The Morgan fingerprint density at radius 3 is 2.14 bits per heavy atom. The van der Waals surface area contributed by atoms with Gasteiger partial charge in [-0.05, 0) is 38.7 Å². The lowest BCUT2D eigenvalue weighted by atomic mass is 9.90. The van der Waals surface area contributed by atoms with Crippen LogP contribution in [0.1, 0.15) is 27.4 Å². The molecule has 0 bridgehead atoms. The van der Waals surface area contributed by atoms with E-state index in [2.05, 4.69) is 0 Å². The molecule has 3 heteroatoms. The molecule has 0 N–H and O–H groups in total. The molecule has 0 heterocycles. The van der Waals surface area contributed by atoms with Crippen LogP contribution in [0, 0.1) is 6.92 Å². The average Bonchev–Trinajstić information content (AvgIpc) is 2.46. The summed E-state index contributed by atoms with van der Waals surface area (Å²) in [5.41, 5.74) is 2.91. The molecule has 1 unspecified atom stereocenters. The summed E-state index contributed by atoms with van der Waals surface area (Å²) in [7, 11) is 3.96. The van der Waals surface area contributed by atoms with Gasteiger partial charge in [0.2, 0.25) is 0 Å². The highest BCUT2D eigenvalue weighted by molar-refractivity contribution is 6.30. The van der Waals surface area contributed by atoms with Gasteiger partial charge in [-0.2, -0.15) is 0 Å². The van der Waals surface area contributed by atoms with Gasteiger partial charge in [0.05, 0.1) is 5.92 Å². The number of benzene rings is 2. The lowest BCUT2D eigenvalue weighted by Crippen LogP contribution is -2.26. The topological polar surface area (TPSA) is 20.3 Å². The molecule has 0 aromatic heterocycles. The SMILES string of the molecule is Cc1ccc(C(=O)C(CN(C)C)c2ccc(Cl)cc2)cc1. The third-order valence-corrected chi connectivity index (χ3v) is 3.72. The number of likely N-dealkylation sites (N-methyl/N-ethyl adjacent to an activating group) is 1. The molecule has 0 aliphatic rings. The van der Waals surface area contributed by atoms with Gasteiger partial charge >= 0.3 is 0 Å². The first-order valence-electron chi connectivity index (χ1n) is 6.98. The zero-order valence-electron chi connectivity index (χ0n) is 12.6. The standard InChI is InChI=1S/C18H20ClNO/c1-13-4-6-15(7-5-13)18(21)17(12-20(2)3)14-8-10-16(19)11-9-14/h4-11,17H,12H2,1-3H3. The number of carbonyl (C=O) groups is 1. The van der Waals surface area contributed by atoms with Crippen LogP contribution >= 0.6 is 11.6 Å². The van der Waals surface area contributed by atoms with Crippen molar-refractivity contribution < 1.29 is 4.79 Å². The van der Waals surface area contributed by atoms with Crippen LogP contribution in [0.15, 0.2) is 48.5 Å². The van der Waals surface area contributed by atoms with Crippen molar-refractivity contribution in [2.75, 3.05) is 20.6 Å². The van der Waals surface area contributed by atoms with E-state index in [4.69, 9.17) is 11.6 Å². The molecule has 2 nitrogen and oxygen atoms in total.